The van der Waals surface area contributed by atoms with Crippen LogP contribution in [-0.4, -0.2) is 38.9 Å². The largest absolute Gasteiger partial charge is 0.380 e. The Hall–Kier alpha value is -2.87. The number of benzene rings is 1. The van der Waals surface area contributed by atoms with Gasteiger partial charge >= 0.3 is 5.69 Å². The quantitative estimate of drug-likeness (QED) is 0.527. The minimum atomic E-state index is -0.202. The standard InChI is InChI=1S/C19H23N5O3/c1-2-27-8-7-24-17-6-5-13(9-16(17)21-19(24)26)18(25)20-11-14-10-15(23-22-14)12-3-4-12/h5-6,9-10,12H,2-4,7-8,11H2,1H3,(H,20,25)(H,21,26)(H,22,23). The minimum Gasteiger partial charge on any atom is -0.380 e. The first-order valence-electron chi connectivity index (χ1n) is 9.28. The fourth-order valence-electron chi connectivity index (χ4n) is 3.16. The molecule has 0 bridgehead atoms. The Morgan fingerprint density at radius 1 is 1.37 bits per heavy atom. The molecule has 8 nitrogen and oxygen atoms in total. The molecular weight excluding hydrogens is 346 g/mol. The molecule has 0 spiro atoms. The molecule has 142 valence electrons. The van der Waals surface area contributed by atoms with Crippen molar-refractivity contribution in [1.29, 1.82) is 0 Å². The predicted molar refractivity (Wildman–Crippen MR) is 101 cm³/mol. The van der Waals surface area contributed by atoms with Gasteiger partial charge in [-0.3, -0.25) is 14.5 Å². The van der Waals surface area contributed by atoms with Gasteiger partial charge in [0.15, 0.2) is 0 Å². The number of H-pyrrole nitrogens is 2. The maximum atomic E-state index is 12.5. The highest BCUT2D eigenvalue weighted by Gasteiger charge is 2.26. The highest BCUT2D eigenvalue weighted by Crippen LogP contribution is 2.38. The van der Waals surface area contributed by atoms with Gasteiger partial charge in [0.1, 0.15) is 0 Å². The SMILES string of the molecule is CCOCCn1c(=O)[nH]c2cc(C(=O)NCc3cc(C4CC4)n[nH]3)ccc21. The third-order valence-electron chi connectivity index (χ3n) is 4.79. The molecule has 8 heteroatoms. The fraction of sp³-hybridized carbons (Fsp3) is 0.421. The van der Waals surface area contributed by atoms with Crippen molar-refractivity contribution in [2.45, 2.75) is 38.8 Å². The molecule has 2 heterocycles. The molecule has 1 aromatic carbocycles. The van der Waals surface area contributed by atoms with E-state index >= 15 is 0 Å². The molecule has 1 aliphatic carbocycles. The van der Waals surface area contributed by atoms with Gasteiger partial charge in [0.25, 0.3) is 5.91 Å². The van der Waals surface area contributed by atoms with Crippen molar-refractivity contribution in [3.05, 3.63) is 51.7 Å². The van der Waals surface area contributed by atoms with Crippen LogP contribution in [0.3, 0.4) is 0 Å². The second-order valence-corrected chi connectivity index (χ2v) is 6.79. The molecule has 2 aromatic heterocycles. The molecule has 0 saturated heterocycles. The van der Waals surface area contributed by atoms with Crippen molar-refractivity contribution in [3.8, 4) is 0 Å². The van der Waals surface area contributed by atoms with Crippen LogP contribution in [0, 0.1) is 0 Å². The minimum absolute atomic E-state index is 0.192. The van der Waals surface area contributed by atoms with Crippen LogP contribution in [0.2, 0.25) is 0 Å². The second-order valence-electron chi connectivity index (χ2n) is 6.79. The van der Waals surface area contributed by atoms with E-state index in [2.05, 4.69) is 20.5 Å². The van der Waals surface area contributed by atoms with Gasteiger partial charge in [0, 0.05) is 18.1 Å². The molecule has 0 atom stereocenters. The van der Waals surface area contributed by atoms with E-state index in [0.717, 1.165) is 16.9 Å². The van der Waals surface area contributed by atoms with Crippen LogP contribution in [0.5, 0.6) is 0 Å². The summed E-state index contributed by atoms with van der Waals surface area (Å²) < 4.78 is 6.94. The maximum absolute atomic E-state index is 12.5. The van der Waals surface area contributed by atoms with Crippen molar-refractivity contribution in [3.63, 3.8) is 0 Å². The first kappa shape index (κ1) is 17.5. The van der Waals surface area contributed by atoms with Crippen LogP contribution in [0.15, 0.2) is 29.1 Å². The van der Waals surface area contributed by atoms with Gasteiger partial charge in [0.2, 0.25) is 0 Å². The van der Waals surface area contributed by atoms with Crippen LogP contribution < -0.4 is 11.0 Å². The average molecular weight is 369 g/mol. The number of aromatic nitrogens is 4. The summed E-state index contributed by atoms with van der Waals surface area (Å²) in [7, 11) is 0. The van der Waals surface area contributed by atoms with Gasteiger partial charge in [-0.15, -0.1) is 0 Å². The third-order valence-corrected chi connectivity index (χ3v) is 4.79. The van der Waals surface area contributed by atoms with E-state index in [1.165, 1.54) is 12.8 Å². The van der Waals surface area contributed by atoms with Crippen LogP contribution >= 0.6 is 0 Å². The summed E-state index contributed by atoms with van der Waals surface area (Å²) in [5, 5.41) is 10.1. The average Bonchev–Trinajstić information content (AvgIpc) is 3.33. The number of aromatic amines is 2. The number of carbonyl (C=O) groups is 1. The summed E-state index contributed by atoms with van der Waals surface area (Å²) in [5.41, 5.74) is 3.67. The lowest BCUT2D eigenvalue weighted by atomic mass is 10.2. The summed E-state index contributed by atoms with van der Waals surface area (Å²) in [5.74, 6) is 0.388. The zero-order valence-corrected chi connectivity index (χ0v) is 15.2. The number of hydrogen-bond donors (Lipinski definition) is 3. The first-order chi connectivity index (χ1) is 13.2. The Balaban J connectivity index is 1.44. The van der Waals surface area contributed by atoms with E-state index < -0.39 is 0 Å². The fourth-order valence-corrected chi connectivity index (χ4v) is 3.16. The summed E-state index contributed by atoms with van der Waals surface area (Å²) in [6.07, 6.45) is 2.39. The van der Waals surface area contributed by atoms with E-state index in [1.54, 1.807) is 22.8 Å². The molecule has 0 radical (unpaired) electrons. The summed E-state index contributed by atoms with van der Waals surface area (Å²) in [4.78, 5) is 27.4. The Labute approximate surface area is 155 Å². The van der Waals surface area contributed by atoms with Crippen LogP contribution in [-0.2, 0) is 17.8 Å². The molecule has 27 heavy (non-hydrogen) atoms. The van der Waals surface area contributed by atoms with Crippen LogP contribution in [0.1, 0.15) is 47.4 Å². The molecule has 0 unspecified atom stereocenters. The van der Waals surface area contributed by atoms with E-state index in [1.807, 2.05) is 13.0 Å². The molecule has 1 saturated carbocycles. The Bertz CT molecular complexity index is 1010. The van der Waals surface area contributed by atoms with Gasteiger partial charge in [0.05, 0.1) is 42.1 Å². The second kappa shape index (κ2) is 7.40. The summed E-state index contributed by atoms with van der Waals surface area (Å²) >= 11 is 0. The lowest BCUT2D eigenvalue weighted by molar-refractivity contribution is 0.0950. The molecule has 1 aliphatic rings. The number of rotatable bonds is 8. The number of nitrogens with zero attached hydrogens (tertiary/aromatic N) is 2. The van der Waals surface area contributed by atoms with E-state index in [4.69, 9.17) is 4.74 Å². The van der Waals surface area contributed by atoms with Crippen molar-refractivity contribution >= 4 is 16.9 Å². The van der Waals surface area contributed by atoms with E-state index in [-0.39, 0.29) is 11.6 Å². The zero-order chi connectivity index (χ0) is 18.8. The van der Waals surface area contributed by atoms with Crippen molar-refractivity contribution in [1.82, 2.24) is 25.1 Å². The molecule has 3 aromatic rings. The van der Waals surface area contributed by atoms with Crippen molar-refractivity contribution in [2.75, 3.05) is 13.2 Å². The van der Waals surface area contributed by atoms with Crippen LogP contribution in [0.4, 0.5) is 0 Å². The van der Waals surface area contributed by atoms with Gasteiger partial charge in [-0.25, -0.2) is 4.79 Å². The van der Waals surface area contributed by atoms with Gasteiger partial charge < -0.3 is 15.0 Å². The Morgan fingerprint density at radius 3 is 3.00 bits per heavy atom. The van der Waals surface area contributed by atoms with Crippen molar-refractivity contribution < 1.29 is 9.53 Å². The number of carbonyl (C=O) groups excluding carboxylic acids is 1. The van der Waals surface area contributed by atoms with Gasteiger partial charge in [-0.2, -0.15) is 5.10 Å². The Morgan fingerprint density at radius 2 is 2.22 bits per heavy atom. The van der Waals surface area contributed by atoms with E-state index in [0.29, 0.717) is 43.3 Å². The smallest absolute Gasteiger partial charge is 0.326 e. The van der Waals surface area contributed by atoms with E-state index in [9.17, 15) is 9.59 Å². The topological polar surface area (TPSA) is 105 Å². The van der Waals surface area contributed by atoms with Gasteiger partial charge in [-0.05, 0) is 44.0 Å². The highest BCUT2D eigenvalue weighted by molar-refractivity contribution is 5.97. The molecule has 4 rings (SSSR count). The maximum Gasteiger partial charge on any atom is 0.326 e. The number of hydrogen-bond acceptors (Lipinski definition) is 4. The molecule has 0 aliphatic heterocycles. The first-order valence-corrected chi connectivity index (χ1v) is 9.28. The number of imidazole rings is 1. The molecule has 3 N–H and O–H groups in total. The summed E-state index contributed by atoms with van der Waals surface area (Å²) in [6, 6.07) is 7.23. The predicted octanol–water partition coefficient (Wildman–Crippen LogP) is 1.90. The monoisotopic (exact) mass is 369 g/mol. The lowest BCUT2D eigenvalue weighted by Crippen LogP contribution is -2.22. The zero-order valence-electron chi connectivity index (χ0n) is 15.2. The molecular formula is C19H23N5O3. The number of amides is 1. The summed E-state index contributed by atoms with van der Waals surface area (Å²) in [6.45, 7) is 3.86. The molecule has 1 fully saturated rings. The van der Waals surface area contributed by atoms with Crippen molar-refractivity contribution in [2.24, 2.45) is 0 Å². The normalized spacial score (nSPS) is 14.0. The van der Waals surface area contributed by atoms with Gasteiger partial charge in [-0.1, -0.05) is 0 Å². The number of nitrogens with one attached hydrogen (secondary N) is 3. The highest BCUT2D eigenvalue weighted by atomic mass is 16.5. The third kappa shape index (κ3) is 3.80. The number of ether oxygens (including phenoxy) is 1. The molecule has 1 amide bonds. The lowest BCUT2D eigenvalue weighted by Gasteiger charge is -2.05. The number of fused-ring (bicyclic) bond motifs is 1. The van der Waals surface area contributed by atoms with Crippen LogP contribution in [0.25, 0.3) is 11.0 Å². The Kier molecular flexibility index (Phi) is 4.81.